The van der Waals surface area contributed by atoms with Crippen LogP contribution < -0.4 is 16.0 Å². The smallest absolute Gasteiger partial charge is 0.352 e. The molecule has 2 saturated heterocycles. The van der Waals surface area contributed by atoms with Gasteiger partial charge in [-0.3, -0.25) is 0 Å². The molecule has 2 aliphatic heterocycles. The number of hydrogen-bond acceptors (Lipinski definition) is 12. The van der Waals surface area contributed by atoms with Gasteiger partial charge in [-0.15, -0.1) is 0 Å². The molecule has 0 spiro atoms. The molecule has 2 aliphatic rings. The average Bonchev–Trinajstić information content (AvgIpc) is 2.84. The molecule has 12 nitrogen and oxygen atoms in total. The number of ether oxygens (including phenoxy) is 2. The summed E-state index contributed by atoms with van der Waals surface area (Å²) in [5.41, 5.74) is -0.889. The van der Waals surface area contributed by atoms with Crippen molar-refractivity contribution in [3.05, 3.63) is 0 Å². The summed E-state index contributed by atoms with van der Waals surface area (Å²) in [4.78, 5) is 50.0. The van der Waals surface area contributed by atoms with Crippen LogP contribution in [0.15, 0.2) is 9.98 Å². The molecule has 12 heteroatoms. The molecule has 2 fully saturated rings. The second-order valence-electron chi connectivity index (χ2n) is 18.0. The highest BCUT2D eigenvalue weighted by Gasteiger charge is 2.43. The number of nitrogens with zero attached hydrogens (tertiary/aromatic N) is 5. The van der Waals surface area contributed by atoms with Crippen LogP contribution in [0.25, 0.3) is 0 Å². The maximum Gasteiger partial charge on any atom is 0.352 e. The number of aliphatic imine (C=N–C) groups is 2. The third-order valence-corrected chi connectivity index (χ3v) is 8.42. The minimum absolute atomic E-state index is 0.0116. The molecule has 3 rings (SSSR count). The largest absolute Gasteiger partial charge is 0.465 e. The lowest BCUT2D eigenvalue weighted by atomic mass is 9.74. The summed E-state index contributed by atoms with van der Waals surface area (Å²) in [6.45, 7) is 27.6. The van der Waals surface area contributed by atoms with Gasteiger partial charge in [-0.25, -0.2) is 19.6 Å². The van der Waals surface area contributed by atoms with E-state index in [1.165, 1.54) is 14.2 Å². The quantitative estimate of drug-likeness (QED) is 0.210. The Kier molecular flexibility index (Phi) is 11.0. The van der Waals surface area contributed by atoms with E-state index < -0.39 is 17.5 Å². The Bertz CT molecular complexity index is 1270. The van der Waals surface area contributed by atoms with Gasteiger partial charge in [0, 0.05) is 39.5 Å². The van der Waals surface area contributed by atoms with Crippen molar-refractivity contribution in [2.75, 3.05) is 19.5 Å². The zero-order valence-electron chi connectivity index (χ0n) is 31.6. The molecule has 264 valence electrons. The van der Waals surface area contributed by atoms with E-state index in [1.54, 1.807) is 0 Å². The van der Waals surface area contributed by atoms with E-state index in [2.05, 4.69) is 121 Å². The van der Waals surface area contributed by atoms with Crippen LogP contribution in [-0.4, -0.2) is 80.2 Å². The highest BCUT2D eigenvalue weighted by Crippen LogP contribution is 2.37. The van der Waals surface area contributed by atoms with E-state index in [9.17, 15) is 9.59 Å². The molecule has 1 aromatic heterocycles. The molecule has 47 heavy (non-hydrogen) atoms. The van der Waals surface area contributed by atoms with E-state index in [1.807, 2.05) is 0 Å². The summed E-state index contributed by atoms with van der Waals surface area (Å²) in [6.07, 6.45) is 3.47. The fourth-order valence-electron chi connectivity index (χ4n) is 8.25. The van der Waals surface area contributed by atoms with Crippen molar-refractivity contribution in [2.45, 2.75) is 150 Å². The summed E-state index contributed by atoms with van der Waals surface area (Å²) >= 11 is 0. The summed E-state index contributed by atoms with van der Waals surface area (Å²) in [5, 5.41) is 10.8. The Hall–Kier alpha value is -2.99. The van der Waals surface area contributed by atoms with Gasteiger partial charge in [0.25, 0.3) is 11.9 Å². The third kappa shape index (κ3) is 11.3. The Morgan fingerprint density at radius 3 is 1.34 bits per heavy atom. The van der Waals surface area contributed by atoms with E-state index in [4.69, 9.17) is 19.5 Å². The van der Waals surface area contributed by atoms with Crippen molar-refractivity contribution in [3.63, 3.8) is 0 Å². The van der Waals surface area contributed by atoms with Crippen LogP contribution >= 0.6 is 0 Å². The number of methoxy groups -OCH3 is 2. The number of nitrogens with one attached hydrogen (secondary N) is 3. The van der Waals surface area contributed by atoms with E-state index in [-0.39, 0.29) is 68.7 Å². The second kappa shape index (κ2) is 13.5. The predicted octanol–water partition coefficient (Wildman–Crippen LogP) is 6.10. The van der Waals surface area contributed by atoms with Gasteiger partial charge >= 0.3 is 11.9 Å². The number of carbonyl (C=O) groups is 2. The van der Waals surface area contributed by atoms with Gasteiger partial charge in [0.1, 0.15) is 11.4 Å². The third-order valence-electron chi connectivity index (χ3n) is 8.42. The molecule has 0 radical (unpaired) electrons. The van der Waals surface area contributed by atoms with Crippen molar-refractivity contribution in [2.24, 2.45) is 27.2 Å². The van der Waals surface area contributed by atoms with E-state index in [0.29, 0.717) is 25.7 Å². The molecule has 0 atom stereocenters. The summed E-state index contributed by atoms with van der Waals surface area (Å²) < 4.78 is 10.5. The van der Waals surface area contributed by atoms with Crippen LogP contribution in [0.3, 0.4) is 0 Å². The molecular formula is C35H60N8O4. The van der Waals surface area contributed by atoms with Crippen molar-refractivity contribution >= 4 is 41.2 Å². The summed E-state index contributed by atoms with van der Waals surface area (Å²) in [6, 6.07) is 0. The molecule has 0 saturated carbocycles. The number of aromatic nitrogens is 3. The topological polar surface area (TPSA) is 152 Å². The predicted molar refractivity (Wildman–Crippen MR) is 188 cm³/mol. The Morgan fingerprint density at radius 2 is 1.04 bits per heavy atom. The maximum atomic E-state index is 13.3. The number of carbonyl (C=O) groups excluding carboxylic acids is 2. The SMILES string of the molecule is COC(=O)/C(=N\c1nc(/N=C(\C(=O)OC)C2CC(C)(C)NC(C)(C)C2)nc(NC(C)(C)CC(C)(C)C)n1)C1CC(C)(C)NC(C)(C)C1. The molecule has 3 N–H and O–H groups in total. The normalized spacial score (nSPS) is 22.0. The molecule has 0 amide bonds. The average molecular weight is 657 g/mol. The van der Waals surface area contributed by atoms with Gasteiger partial charge in [0.05, 0.1) is 14.2 Å². The van der Waals surface area contributed by atoms with Crippen LogP contribution in [0.4, 0.5) is 17.8 Å². The molecular weight excluding hydrogens is 596 g/mol. The monoisotopic (exact) mass is 656 g/mol. The summed E-state index contributed by atoms with van der Waals surface area (Å²) in [5.74, 6) is -1.23. The Labute approximate surface area is 282 Å². The highest BCUT2D eigenvalue weighted by atomic mass is 16.5. The van der Waals surface area contributed by atoms with E-state index >= 15 is 0 Å². The first-order valence-electron chi connectivity index (χ1n) is 16.7. The fourth-order valence-corrected chi connectivity index (χ4v) is 8.25. The molecule has 0 aromatic carbocycles. The van der Waals surface area contributed by atoms with E-state index in [0.717, 1.165) is 6.42 Å². The molecule has 1 aromatic rings. The van der Waals surface area contributed by atoms with Gasteiger partial charge < -0.3 is 25.4 Å². The first kappa shape index (κ1) is 38.5. The lowest BCUT2D eigenvalue weighted by Crippen LogP contribution is -2.59. The number of esters is 2. The Morgan fingerprint density at radius 1 is 0.702 bits per heavy atom. The van der Waals surface area contributed by atoms with Gasteiger partial charge in [-0.2, -0.15) is 15.0 Å². The van der Waals surface area contributed by atoms with Crippen molar-refractivity contribution in [3.8, 4) is 0 Å². The molecule has 0 unspecified atom stereocenters. The van der Waals surface area contributed by atoms with Gasteiger partial charge in [0.2, 0.25) is 5.95 Å². The van der Waals surface area contributed by atoms with Crippen LogP contribution in [-0.2, 0) is 19.1 Å². The molecule has 0 bridgehead atoms. The van der Waals surface area contributed by atoms with Crippen LogP contribution in [0, 0.1) is 17.3 Å². The number of rotatable bonds is 9. The number of hydrogen-bond donors (Lipinski definition) is 3. The first-order chi connectivity index (χ1) is 21.2. The lowest BCUT2D eigenvalue weighted by molar-refractivity contribution is -0.134. The first-order valence-corrected chi connectivity index (χ1v) is 16.7. The molecule has 0 aliphatic carbocycles. The minimum atomic E-state index is -0.536. The van der Waals surface area contributed by atoms with Crippen molar-refractivity contribution in [1.82, 2.24) is 25.6 Å². The summed E-state index contributed by atoms with van der Waals surface area (Å²) in [7, 11) is 2.70. The minimum Gasteiger partial charge on any atom is -0.465 e. The van der Waals surface area contributed by atoms with Crippen molar-refractivity contribution in [1.29, 1.82) is 0 Å². The zero-order chi connectivity index (χ0) is 35.8. The van der Waals surface area contributed by atoms with Crippen LogP contribution in [0.5, 0.6) is 0 Å². The standard InChI is InChI=1S/C35H60N8O4/c1-30(2,3)20-35(12,13)41-29-39-27(36-23(25(44)46-14)21-16-31(4,5)42-32(6,7)17-21)38-28(40-29)37-24(26(45)47-15)22-18-33(8,9)43-34(10,11)19-22/h21-22,42-43H,16-20H2,1-15H3,(H,38,39,40,41)/b36-23-,37-24-. The number of anilines is 1. The lowest BCUT2D eigenvalue weighted by Gasteiger charge is -2.46. The second-order valence-corrected chi connectivity index (χ2v) is 18.0. The highest BCUT2D eigenvalue weighted by molar-refractivity contribution is 6.38. The maximum absolute atomic E-state index is 13.3. The fraction of sp³-hybridized carbons (Fsp3) is 0.800. The van der Waals surface area contributed by atoms with Gasteiger partial charge in [-0.05, 0) is 107 Å². The van der Waals surface area contributed by atoms with Crippen LogP contribution in [0.1, 0.15) is 122 Å². The number of piperidine rings is 2. The Balaban J connectivity index is 2.23. The van der Waals surface area contributed by atoms with Crippen LogP contribution in [0.2, 0.25) is 0 Å². The zero-order valence-corrected chi connectivity index (χ0v) is 31.6. The van der Waals surface area contributed by atoms with Gasteiger partial charge in [0.15, 0.2) is 0 Å². The van der Waals surface area contributed by atoms with Gasteiger partial charge in [-0.1, -0.05) is 20.8 Å². The van der Waals surface area contributed by atoms with Crippen molar-refractivity contribution < 1.29 is 19.1 Å². The molecule has 3 heterocycles.